The third-order valence-corrected chi connectivity index (χ3v) is 8.78. The minimum Gasteiger partial charge on any atom is -0.347 e. The normalized spacial score (nSPS) is 17.7. The van der Waals surface area contributed by atoms with Crippen molar-refractivity contribution in [1.29, 1.82) is 0 Å². The predicted octanol–water partition coefficient (Wildman–Crippen LogP) is 4.68. The highest BCUT2D eigenvalue weighted by atomic mass is 32.2. The number of hydrogen-bond acceptors (Lipinski definition) is 4. The maximum absolute atomic E-state index is 13.4. The Balaban J connectivity index is 1.52. The highest BCUT2D eigenvalue weighted by molar-refractivity contribution is 8.02. The maximum atomic E-state index is 13.4. The van der Waals surface area contributed by atoms with E-state index in [1.165, 1.54) is 16.1 Å². The van der Waals surface area contributed by atoms with Crippen molar-refractivity contribution in [2.75, 3.05) is 12.3 Å². The van der Waals surface area contributed by atoms with E-state index < -0.39 is 15.4 Å². The molecule has 1 aliphatic heterocycles. The molecule has 0 unspecified atom stereocenters. The molecule has 2 atom stereocenters. The van der Waals surface area contributed by atoms with Crippen molar-refractivity contribution in [2.45, 2.75) is 29.7 Å². The molecule has 0 aromatic heterocycles. The molecule has 0 saturated carbocycles. The summed E-state index contributed by atoms with van der Waals surface area (Å²) < 4.78 is 28.0. The minimum atomic E-state index is -3.79. The average Bonchev–Trinajstić information content (AvgIpc) is 3.35. The summed E-state index contributed by atoms with van der Waals surface area (Å²) >= 11 is 1.36. The molecular formula is C25H26N2O3S2. The van der Waals surface area contributed by atoms with Crippen LogP contribution in [0.5, 0.6) is 0 Å². The second-order valence-corrected chi connectivity index (χ2v) is 10.7. The van der Waals surface area contributed by atoms with E-state index >= 15 is 0 Å². The number of rotatable bonds is 7. The number of carbonyl (C=O) groups is 1. The molecule has 4 rings (SSSR count). The third-order valence-electron chi connectivity index (χ3n) is 5.57. The topological polar surface area (TPSA) is 66.5 Å². The zero-order valence-corrected chi connectivity index (χ0v) is 19.5. The highest BCUT2D eigenvalue weighted by Gasteiger charge is 2.40. The molecule has 1 aliphatic rings. The van der Waals surface area contributed by atoms with Gasteiger partial charge in [-0.05, 0) is 35.2 Å². The summed E-state index contributed by atoms with van der Waals surface area (Å²) in [7, 11) is -3.79. The first kappa shape index (κ1) is 22.6. The molecule has 1 N–H and O–H groups in total. The first-order chi connectivity index (χ1) is 15.5. The molecule has 0 radical (unpaired) electrons. The van der Waals surface area contributed by atoms with Crippen molar-refractivity contribution in [2.24, 2.45) is 0 Å². The van der Waals surface area contributed by atoms with E-state index in [1.54, 1.807) is 12.1 Å². The van der Waals surface area contributed by atoms with Gasteiger partial charge in [-0.25, -0.2) is 8.42 Å². The summed E-state index contributed by atoms with van der Waals surface area (Å²) in [6.45, 7) is 2.32. The van der Waals surface area contributed by atoms with Gasteiger partial charge in [0.1, 0.15) is 5.37 Å². The molecule has 1 fully saturated rings. The molecule has 5 nitrogen and oxygen atoms in total. The largest absolute Gasteiger partial charge is 0.347 e. The lowest BCUT2D eigenvalue weighted by Gasteiger charge is -2.25. The van der Waals surface area contributed by atoms with Crippen molar-refractivity contribution in [1.82, 2.24) is 9.62 Å². The van der Waals surface area contributed by atoms with Crippen molar-refractivity contribution in [3.63, 3.8) is 0 Å². The minimum absolute atomic E-state index is 0.153. The zero-order chi connectivity index (χ0) is 22.6. The van der Waals surface area contributed by atoms with Crippen molar-refractivity contribution < 1.29 is 13.2 Å². The van der Waals surface area contributed by atoms with Gasteiger partial charge in [-0.3, -0.25) is 4.79 Å². The number of hydrogen-bond donors (Lipinski definition) is 1. The van der Waals surface area contributed by atoms with Gasteiger partial charge < -0.3 is 5.32 Å². The third kappa shape index (κ3) is 4.75. The van der Waals surface area contributed by atoms with E-state index in [9.17, 15) is 13.2 Å². The van der Waals surface area contributed by atoms with Crippen LogP contribution in [0.2, 0.25) is 0 Å². The van der Waals surface area contributed by atoms with E-state index in [0.717, 1.165) is 23.1 Å². The molecule has 3 aromatic rings. The summed E-state index contributed by atoms with van der Waals surface area (Å²) in [5, 5.41) is 2.27. The van der Waals surface area contributed by atoms with Crippen molar-refractivity contribution >= 4 is 27.7 Å². The molecule has 166 valence electrons. The maximum Gasteiger partial charge on any atom is 0.249 e. The molecule has 1 heterocycles. The monoisotopic (exact) mass is 466 g/mol. The summed E-state index contributed by atoms with van der Waals surface area (Å²) in [5.41, 5.74) is 2.98. The molecule has 32 heavy (non-hydrogen) atoms. The van der Waals surface area contributed by atoms with E-state index in [0.29, 0.717) is 12.3 Å². The number of nitrogens with zero attached hydrogens (tertiary/aromatic N) is 1. The van der Waals surface area contributed by atoms with Crippen LogP contribution in [-0.4, -0.2) is 36.3 Å². The summed E-state index contributed by atoms with van der Waals surface area (Å²) in [5.74, 6) is 0.314. The fourth-order valence-corrected chi connectivity index (χ4v) is 6.93. The zero-order valence-electron chi connectivity index (χ0n) is 17.8. The van der Waals surface area contributed by atoms with Crippen LogP contribution in [0.25, 0.3) is 11.1 Å². The number of thioether (sulfide) groups is 1. The average molecular weight is 467 g/mol. The van der Waals surface area contributed by atoms with Crippen LogP contribution in [0.1, 0.15) is 24.9 Å². The smallest absolute Gasteiger partial charge is 0.249 e. The number of carbonyl (C=O) groups excluding carboxylic acids is 1. The second-order valence-electron chi connectivity index (χ2n) is 7.61. The quantitative estimate of drug-likeness (QED) is 0.549. The molecule has 1 amide bonds. The standard InChI is InChI=1S/C25H26N2O3S2/c1-2-23(21-11-7-4-8-12-21)26-24(28)25-27(17-18-31-25)32(29,30)22-15-13-20(14-16-22)19-9-5-3-6-10-19/h3-16,23,25H,2,17-18H2,1H3,(H,26,28)/t23-,25-/m0/s1. The van der Waals surface area contributed by atoms with Crippen LogP contribution in [0, 0.1) is 0 Å². The fourth-order valence-electron chi connectivity index (χ4n) is 3.84. The lowest BCUT2D eigenvalue weighted by Crippen LogP contribution is -2.45. The Kier molecular flexibility index (Phi) is 6.98. The predicted molar refractivity (Wildman–Crippen MR) is 130 cm³/mol. The van der Waals surface area contributed by atoms with Crippen molar-refractivity contribution in [3.05, 3.63) is 90.5 Å². The van der Waals surface area contributed by atoms with Gasteiger partial charge in [0.05, 0.1) is 10.9 Å². The van der Waals surface area contributed by atoms with Crippen molar-refractivity contribution in [3.8, 4) is 11.1 Å². The van der Waals surface area contributed by atoms with E-state index in [-0.39, 0.29) is 16.8 Å². The van der Waals surface area contributed by atoms with Gasteiger partial charge in [-0.1, -0.05) is 79.7 Å². The van der Waals surface area contributed by atoms with Gasteiger partial charge in [-0.15, -0.1) is 11.8 Å². The number of nitrogens with one attached hydrogen (secondary N) is 1. The molecule has 3 aromatic carbocycles. The Hall–Kier alpha value is -2.61. The second kappa shape index (κ2) is 9.90. The highest BCUT2D eigenvalue weighted by Crippen LogP contribution is 2.32. The molecular weight excluding hydrogens is 440 g/mol. The number of sulfonamides is 1. The summed E-state index contributed by atoms with van der Waals surface area (Å²) in [6, 6.07) is 26.3. The Morgan fingerprint density at radius 1 is 0.969 bits per heavy atom. The van der Waals surface area contributed by atoms with Gasteiger partial charge in [0.25, 0.3) is 0 Å². The molecule has 0 aliphatic carbocycles. The van der Waals surface area contributed by atoms with Crippen LogP contribution in [0.3, 0.4) is 0 Å². The molecule has 0 spiro atoms. The van der Waals surface area contributed by atoms with Gasteiger partial charge >= 0.3 is 0 Å². The van der Waals surface area contributed by atoms with Crippen LogP contribution in [-0.2, 0) is 14.8 Å². The number of amides is 1. The lowest BCUT2D eigenvalue weighted by atomic mass is 10.0. The van der Waals surface area contributed by atoms with Gasteiger partial charge in [0.2, 0.25) is 15.9 Å². The van der Waals surface area contributed by atoms with Gasteiger partial charge in [-0.2, -0.15) is 4.31 Å². The van der Waals surface area contributed by atoms with Gasteiger partial charge in [0, 0.05) is 12.3 Å². The van der Waals surface area contributed by atoms with E-state index in [4.69, 9.17) is 0 Å². The van der Waals surface area contributed by atoms with E-state index in [2.05, 4.69) is 5.32 Å². The fraction of sp³-hybridized carbons (Fsp3) is 0.240. The Morgan fingerprint density at radius 2 is 1.56 bits per heavy atom. The number of benzene rings is 3. The SMILES string of the molecule is CC[C@H](NC(=O)[C@@H]1SCCN1S(=O)(=O)c1ccc(-c2ccccc2)cc1)c1ccccc1. The van der Waals surface area contributed by atoms with E-state index in [1.807, 2.05) is 79.7 Å². The summed E-state index contributed by atoms with van der Waals surface area (Å²) in [6.07, 6.45) is 0.723. The van der Waals surface area contributed by atoms with Crippen LogP contribution >= 0.6 is 11.8 Å². The van der Waals surface area contributed by atoms with Crippen LogP contribution in [0.15, 0.2) is 89.8 Å². The first-order valence-corrected chi connectivity index (χ1v) is 13.1. The Labute approximate surface area is 193 Å². The van der Waals surface area contributed by atoms with Gasteiger partial charge in [0.15, 0.2) is 0 Å². The molecule has 1 saturated heterocycles. The van der Waals surface area contributed by atoms with Crippen LogP contribution < -0.4 is 5.32 Å². The Morgan fingerprint density at radius 3 is 2.19 bits per heavy atom. The van der Waals surface area contributed by atoms with Crippen LogP contribution in [0.4, 0.5) is 0 Å². The first-order valence-electron chi connectivity index (χ1n) is 10.6. The molecule has 0 bridgehead atoms. The lowest BCUT2D eigenvalue weighted by molar-refractivity contribution is -0.122. The Bertz CT molecular complexity index is 1150. The molecule has 7 heteroatoms. The summed E-state index contributed by atoms with van der Waals surface area (Å²) in [4.78, 5) is 13.3.